The minimum absolute atomic E-state index is 0. The largest absolute Gasteiger partial charge is 0.495 e. The van der Waals surface area contributed by atoms with E-state index >= 15 is 0 Å². The van der Waals surface area contributed by atoms with Crippen LogP contribution in [0.5, 0.6) is 5.75 Å². The number of hydrogen-bond acceptors (Lipinski definition) is 4. The van der Waals surface area contributed by atoms with Crippen molar-refractivity contribution in [3.63, 3.8) is 0 Å². The average molecular weight is 321 g/mol. The molecule has 0 saturated carbocycles. The Bertz CT molecular complexity index is 540. The molecule has 2 rings (SSSR count). The molecule has 1 aliphatic rings. The van der Waals surface area contributed by atoms with Gasteiger partial charge < -0.3 is 10.1 Å². The third-order valence-electron chi connectivity index (χ3n) is 3.21. The summed E-state index contributed by atoms with van der Waals surface area (Å²) in [5.74, 6) is 0.390. The van der Waals surface area contributed by atoms with Gasteiger partial charge in [0.15, 0.2) is 0 Å². The highest BCUT2D eigenvalue weighted by molar-refractivity contribution is 7.89. The molecule has 0 amide bonds. The molecule has 0 aliphatic carbocycles. The van der Waals surface area contributed by atoms with Crippen LogP contribution in [0.4, 0.5) is 0 Å². The molecular weight excluding hydrogens is 300 g/mol. The van der Waals surface area contributed by atoms with Gasteiger partial charge in [-0.05, 0) is 26.0 Å². The fraction of sp³-hybridized carbons (Fsp3) is 0.538. The predicted molar refractivity (Wildman–Crippen MR) is 81.1 cm³/mol. The standard InChI is InChI=1S/C13H20N2O3S.ClH/c1-10-8-15(9-11(2)14-10)19(16,17)13-7-5-4-6-12(13)18-3;/h4-7,10-11,14H,8-9H2,1-3H3;1H. The van der Waals surface area contributed by atoms with Crippen LogP contribution in [-0.4, -0.2) is 45.0 Å². The van der Waals surface area contributed by atoms with E-state index in [1.165, 1.54) is 11.4 Å². The monoisotopic (exact) mass is 320 g/mol. The second-order valence-corrected chi connectivity index (χ2v) is 6.85. The van der Waals surface area contributed by atoms with Crippen molar-refractivity contribution in [1.29, 1.82) is 0 Å². The smallest absolute Gasteiger partial charge is 0.246 e. The minimum atomic E-state index is -3.50. The SMILES string of the molecule is COc1ccccc1S(=O)(=O)N1CC(C)NC(C)C1.Cl. The number of nitrogens with one attached hydrogen (secondary N) is 1. The molecule has 2 unspecified atom stereocenters. The van der Waals surface area contributed by atoms with Crippen molar-refractivity contribution in [2.24, 2.45) is 0 Å². The number of methoxy groups -OCH3 is 1. The van der Waals surface area contributed by atoms with Crippen molar-refractivity contribution in [3.8, 4) is 5.75 Å². The maximum Gasteiger partial charge on any atom is 0.246 e. The van der Waals surface area contributed by atoms with Crippen molar-refractivity contribution in [3.05, 3.63) is 24.3 Å². The molecule has 1 fully saturated rings. The Hall–Kier alpha value is -0.820. The topological polar surface area (TPSA) is 58.6 Å². The number of nitrogens with zero attached hydrogens (tertiary/aromatic N) is 1. The van der Waals surface area contributed by atoms with Crippen LogP contribution in [0.25, 0.3) is 0 Å². The normalized spacial score (nSPS) is 23.9. The van der Waals surface area contributed by atoms with Crippen molar-refractivity contribution >= 4 is 22.4 Å². The van der Waals surface area contributed by atoms with Crippen LogP contribution in [0.1, 0.15) is 13.8 Å². The quantitative estimate of drug-likeness (QED) is 0.916. The van der Waals surface area contributed by atoms with Crippen molar-refractivity contribution in [2.75, 3.05) is 20.2 Å². The first-order valence-corrected chi connectivity index (χ1v) is 7.78. The van der Waals surface area contributed by atoms with Crippen LogP contribution in [0.2, 0.25) is 0 Å². The Morgan fingerprint density at radius 1 is 1.20 bits per heavy atom. The summed E-state index contributed by atoms with van der Waals surface area (Å²) in [6.45, 7) is 4.93. The Balaban J connectivity index is 0.00000200. The second-order valence-electron chi connectivity index (χ2n) is 4.94. The lowest BCUT2D eigenvalue weighted by molar-refractivity contribution is 0.262. The van der Waals surface area contributed by atoms with Crippen LogP contribution in [-0.2, 0) is 10.0 Å². The molecule has 1 heterocycles. The molecule has 0 radical (unpaired) electrons. The van der Waals surface area contributed by atoms with Crippen LogP contribution >= 0.6 is 12.4 Å². The van der Waals surface area contributed by atoms with Gasteiger partial charge in [0.25, 0.3) is 0 Å². The summed E-state index contributed by atoms with van der Waals surface area (Å²) in [5.41, 5.74) is 0. The van der Waals surface area contributed by atoms with Crippen LogP contribution < -0.4 is 10.1 Å². The van der Waals surface area contributed by atoms with E-state index < -0.39 is 10.0 Å². The van der Waals surface area contributed by atoms with Crippen LogP contribution in [0.15, 0.2) is 29.2 Å². The second kappa shape index (κ2) is 6.76. The molecule has 1 N–H and O–H groups in total. The lowest BCUT2D eigenvalue weighted by atomic mass is 10.2. The van der Waals surface area contributed by atoms with E-state index in [4.69, 9.17) is 4.74 Å². The van der Waals surface area contributed by atoms with E-state index in [2.05, 4.69) is 5.32 Å². The minimum Gasteiger partial charge on any atom is -0.495 e. The van der Waals surface area contributed by atoms with Crippen molar-refractivity contribution in [2.45, 2.75) is 30.8 Å². The van der Waals surface area contributed by atoms with Gasteiger partial charge >= 0.3 is 0 Å². The van der Waals surface area contributed by atoms with E-state index in [0.717, 1.165) is 0 Å². The van der Waals surface area contributed by atoms with Crippen LogP contribution in [0, 0.1) is 0 Å². The highest BCUT2D eigenvalue weighted by Crippen LogP contribution is 2.27. The van der Waals surface area contributed by atoms with Gasteiger partial charge in [0.05, 0.1) is 7.11 Å². The number of sulfonamides is 1. The highest BCUT2D eigenvalue weighted by Gasteiger charge is 2.32. The van der Waals surface area contributed by atoms with E-state index in [1.807, 2.05) is 13.8 Å². The van der Waals surface area contributed by atoms with Crippen molar-refractivity contribution in [1.82, 2.24) is 9.62 Å². The molecule has 1 saturated heterocycles. The van der Waals surface area contributed by atoms with Gasteiger partial charge in [-0.3, -0.25) is 0 Å². The summed E-state index contributed by atoms with van der Waals surface area (Å²) in [7, 11) is -2.02. The Labute approximate surface area is 126 Å². The van der Waals surface area contributed by atoms with Gasteiger partial charge in [0, 0.05) is 25.2 Å². The summed E-state index contributed by atoms with van der Waals surface area (Å²) >= 11 is 0. The first kappa shape index (κ1) is 17.2. The molecule has 0 aromatic heterocycles. The molecule has 1 aromatic carbocycles. The van der Waals surface area contributed by atoms with Gasteiger partial charge in [-0.2, -0.15) is 4.31 Å². The van der Waals surface area contributed by atoms with Crippen LogP contribution in [0.3, 0.4) is 0 Å². The molecule has 20 heavy (non-hydrogen) atoms. The molecule has 0 bridgehead atoms. The third-order valence-corrected chi connectivity index (χ3v) is 5.08. The average Bonchev–Trinajstić information content (AvgIpc) is 2.37. The van der Waals surface area contributed by atoms with E-state index in [9.17, 15) is 8.42 Å². The predicted octanol–water partition coefficient (Wildman–Crippen LogP) is 1.49. The fourth-order valence-corrected chi connectivity index (χ4v) is 4.22. The summed E-state index contributed by atoms with van der Waals surface area (Å²) in [6.07, 6.45) is 0. The molecule has 1 aliphatic heterocycles. The number of ether oxygens (including phenoxy) is 1. The molecule has 2 atom stereocenters. The van der Waals surface area contributed by atoms with E-state index in [0.29, 0.717) is 18.8 Å². The third kappa shape index (κ3) is 3.44. The zero-order valence-corrected chi connectivity index (χ0v) is 13.5. The molecule has 5 nitrogen and oxygen atoms in total. The van der Waals surface area contributed by atoms with Gasteiger partial charge in [0.1, 0.15) is 10.6 Å². The number of hydrogen-bond donors (Lipinski definition) is 1. The van der Waals surface area contributed by atoms with E-state index in [1.54, 1.807) is 24.3 Å². The first-order valence-electron chi connectivity index (χ1n) is 6.34. The number of para-hydroxylation sites is 1. The maximum absolute atomic E-state index is 12.7. The lowest BCUT2D eigenvalue weighted by Crippen LogP contribution is -2.55. The van der Waals surface area contributed by atoms with E-state index in [-0.39, 0.29) is 29.4 Å². The molecule has 7 heteroatoms. The zero-order chi connectivity index (χ0) is 14.0. The Kier molecular flexibility index (Phi) is 5.82. The Morgan fingerprint density at radius 3 is 2.30 bits per heavy atom. The number of benzene rings is 1. The maximum atomic E-state index is 12.7. The molecular formula is C13H21ClN2O3S. The molecule has 1 aromatic rings. The molecule has 0 spiro atoms. The number of piperazine rings is 1. The summed E-state index contributed by atoms with van der Waals surface area (Å²) in [5, 5.41) is 3.32. The van der Waals surface area contributed by atoms with Gasteiger partial charge in [-0.15, -0.1) is 12.4 Å². The summed E-state index contributed by atoms with van der Waals surface area (Å²) in [4.78, 5) is 0.235. The molecule has 114 valence electrons. The highest BCUT2D eigenvalue weighted by atomic mass is 35.5. The van der Waals surface area contributed by atoms with Crippen molar-refractivity contribution < 1.29 is 13.2 Å². The summed E-state index contributed by atoms with van der Waals surface area (Å²) in [6, 6.07) is 7.03. The first-order chi connectivity index (χ1) is 8.95. The fourth-order valence-electron chi connectivity index (χ4n) is 2.44. The summed E-state index contributed by atoms with van der Waals surface area (Å²) < 4.78 is 32.0. The Morgan fingerprint density at radius 2 is 1.75 bits per heavy atom. The lowest BCUT2D eigenvalue weighted by Gasteiger charge is -2.35. The number of halogens is 1. The number of rotatable bonds is 3. The van der Waals surface area contributed by atoms with Gasteiger partial charge in [-0.25, -0.2) is 8.42 Å². The van der Waals surface area contributed by atoms with Gasteiger partial charge in [0.2, 0.25) is 10.0 Å². The van der Waals surface area contributed by atoms with Gasteiger partial charge in [-0.1, -0.05) is 12.1 Å². The zero-order valence-electron chi connectivity index (χ0n) is 11.9.